The van der Waals surface area contributed by atoms with Gasteiger partial charge in [0.1, 0.15) is 11.3 Å². The van der Waals surface area contributed by atoms with Crippen LogP contribution in [-0.4, -0.2) is 38.2 Å². The molecule has 0 spiro atoms. The van der Waals surface area contributed by atoms with Crippen LogP contribution < -0.4 is 19.6 Å². The van der Waals surface area contributed by atoms with Gasteiger partial charge in [-0.2, -0.15) is 0 Å². The Labute approximate surface area is 215 Å². The van der Waals surface area contributed by atoms with Gasteiger partial charge in [-0.15, -0.1) is 0 Å². The van der Waals surface area contributed by atoms with Crippen LogP contribution >= 0.6 is 0 Å². The highest BCUT2D eigenvalue weighted by Gasteiger charge is 2.42. The number of ether oxygens (including phenoxy) is 3. The van der Waals surface area contributed by atoms with E-state index >= 15 is 0 Å². The zero-order chi connectivity index (χ0) is 26.1. The molecule has 0 N–H and O–H groups in total. The standard InChI is InChI=1S/C30H29NO6/c1-5-36-21-8-6-7-20(17-21)27-26-28(32)22-15-18(2)9-11-23(22)37-29(26)30(33)31(27)14-13-19-10-12-24(34-3)25(16-19)35-4/h6-12,15-17,27H,5,13-14H2,1-4H3. The average Bonchev–Trinajstić information content (AvgIpc) is 3.19. The fourth-order valence-electron chi connectivity index (χ4n) is 4.94. The number of carbonyl (C=O) groups excluding carboxylic acids is 1. The lowest BCUT2D eigenvalue weighted by Gasteiger charge is -2.25. The first-order chi connectivity index (χ1) is 17.9. The van der Waals surface area contributed by atoms with E-state index in [0.29, 0.717) is 53.4 Å². The van der Waals surface area contributed by atoms with E-state index in [4.69, 9.17) is 18.6 Å². The molecule has 2 heterocycles. The molecule has 1 aliphatic heterocycles. The van der Waals surface area contributed by atoms with Crippen molar-refractivity contribution in [1.82, 2.24) is 4.90 Å². The molecule has 0 saturated carbocycles. The number of carbonyl (C=O) groups is 1. The first-order valence-electron chi connectivity index (χ1n) is 12.3. The summed E-state index contributed by atoms with van der Waals surface area (Å²) >= 11 is 0. The second-order valence-electron chi connectivity index (χ2n) is 9.02. The summed E-state index contributed by atoms with van der Waals surface area (Å²) in [7, 11) is 3.18. The van der Waals surface area contributed by atoms with Gasteiger partial charge in [-0.1, -0.05) is 29.8 Å². The molecule has 190 valence electrons. The Morgan fingerprint density at radius 1 is 0.946 bits per heavy atom. The number of benzene rings is 3. The molecule has 0 aliphatic carbocycles. The molecular weight excluding hydrogens is 470 g/mol. The predicted molar refractivity (Wildman–Crippen MR) is 141 cm³/mol. The molecule has 0 fully saturated rings. The second-order valence-corrected chi connectivity index (χ2v) is 9.02. The number of hydrogen-bond donors (Lipinski definition) is 0. The van der Waals surface area contributed by atoms with Crippen LogP contribution in [0.15, 0.2) is 69.9 Å². The molecule has 0 radical (unpaired) electrons. The van der Waals surface area contributed by atoms with Crippen molar-refractivity contribution in [1.29, 1.82) is 0 Å². The Morgan fingerprint density at radius 2 is 1.76 bits per heavy atom. The highest BCUT2D eigenvalue weighted by molar-refractivity contribution is 5.99. The smallest absolute Gasteiger partial charge is 0.290 e. The van der Waals surface area contributed by atoms with Crippen LogP contribution in [0.1, 0.15) is 45.8 Å². The van der Waals surface area contributed by atoms with E-state index in [2.05, 4.69) is 0 Å². The molecule has 1 aliphatic rings. The number of hydrogen-bond acceptors (Lipinski definition) is 6. The van der Waals surface area contributed by atoms with Gasteiger partial charge in [-0.25, -0.2) is 0 Å². The highest BCUT2D eigenvalue weighted by Crippen LogP contribution is 2.39. The zero-order valence-corrected chi connectivity index (χ0v) is 21.4. The summed E-state index contributed by atoms with van der Waals surface area (Å²) in [6.45, 7) is 4.73. The molecule has 3 aromatic carbocycles. The van der Waals surface area contributed by atoms with E-state index in [9.17, 15) is 9.59 Å². The van der Waals surface area contributed by atoms with Crippen LogP contribution in [0.25, 0.3) is 11.0 Å². The van der Waals surface area contributed by atoms with Gasteiger partial charge in [-0.05, 0) is 67.8 Å². The Morgan fingerprint density at radius 3 is 2.51 bits per heavy atom. The molecule has 5 rings (SSSR count). The fourth-order valence-corrected chi connectivity index (χ4v) is 4.94. The molecule has 37 heavy (non-hydrogen) atoms. The fraction of sp³-hybridized carbons (Fsp3) is 0.267. The largest absolute Gasteiger partial charge is 0.494 e. The third-order valence-corrected chi connectivity index (χ3v) is 6.70. The zero-order valence-electron chi connectivity index (χ0n) is 21.4. The molecule has 0 saturated heterocycles. The maximum Gasteiger partial charge on any atom is 0.290 e. The number of amides is 1. The van der Waals surface area contributed by atoms with Crippen molar-refractivity contribution in [3.8, 4) is 17.2 Å². The molecule has 1 aromatic heterocycles. The Bertz CT molecular complexity index is 1540. The molecule has 1 unspecified atom stereocenters. The van der Waals surface area contributed by atoms with Crippen LogP contribution in [0.5, 0.6) is 17.2 Å². The van der Waals surface area contributed by atoms with Gasteiger partial charge in [0.2, 0.25) is 5.76 Å². The number of fused-ring (bicyclic) bond motifs is 2. The molecule has 4 aromatic rings. The van der Waals surface area contributed by atoms with E-state index in [1.54, 1.807) is 25.2 Å². The lowest BCUT2D eigenvalue weighted by molar-refractivity contribution is 0.0729. The van der Waals surface area contributed by atoms with Crippen molar-refractivity contribution in [2.45, 2.75) is 26.3 Å². The molecule has 1 atom stereocenters. The summed E-state index contributed by atoms with van der Waals surface area (Å²) in [5.41, 5.74) is 3.31. The Kier molecular flexibility index (Phi) is 6.61. The van der Waals surface area contributed by atoms with Crippen molar-refractivity contribution in [2.75, 3.05) is 27.4 Å². The lowest BCUT2D eigenvalue weighted by Crippen LogP contribution is -2.31. The van der Waals surface area contributed by atoms with Crippen molar-refractivity contribution < 1.29 is 23.4 Å². The van der Waals surface area contributed by atoms with E-state index in [1.807, 2.05) is 68.4 Å². The normalized spacial score (nSPS) is 14.6. The van der Waals surface area contributed by atoms with Gasteiger partial charge < -0.3 is 23.5 Å². The molecule has 0 bridgehead atoms. The van der Waals surface area contributed by atoms with Crippen LogP contribution in [0.2, 0.25) is 0 Å². The molecule has 1 amide bonds. The van der Waals surface area contributed by atoms with Crippen molar-refractivity contribution >= 4 is 16.9 Å². The molecule has 7 nitrogen and oxygen atoms in total. The quantitative estimate of drug-likeness (QED) is 0.327. The Hall–Kier alpha value is -4.26. The van der Waals surface area contributed by atoms with Crippen LogP contribution in [0, 0.1) is 6.92 Å². The predicted octanol–water partition coefficient (Wildman–Crippen LogP) is 5.31. The SMILES string of the molecule is CCOc1cccc(C2c3c(oc4ccc(C)cc4c3=O)C(=O)N2CCc2ccc(OC)c(OC)c2)c1. The molecular formula is C30H29NO6. The maximum absolute atomic E-state index is 13.8. The van der Waals surface area contributed by atoms with Crippen LogP contribution in [0.4, 0.5) is 0 Å². The first-order valence-corrected chi connectivity index (χ1v) is 12.3. The number of methoxy groups -OCH3 is 2. The summed E-state index contributed by atoms with van der Waals surface area (Å²) in [6.07, 6.45) is 0.550. The third kappa shape index (κ3) is 4.42. The van der Waals surface area contributed by atoms with E-state index in [1.165, 1.54) is 0 Å². The van der Waals surface area contributed by atoms with E-state index in [-0.39, 0.29) is 17.1 Å². The van der Waals surface area contributed by atoms with Gasteiger partial charge in [0.25, 0.3) is 5.91 Å². The van der Waals surface area contributed by atoms with Gasteiger partial charge in [-0.3, -0.25) is 9.59 Å². The van der Waals surface area contributed by atoms with Gasteiger partial charge in [0, 0.05) is 6.54 Å². The minimum Gasteiger partial charge on any atom is -0.494 e. The number of rotatable bonds is 8. The summed E-state index contributed by atoms with van der Waals surface area (Å²) in [4.78, 5) is 29.2. The second kappa shape index (κ2) is 10.0. The topological polar surface area (TPSA) is 78.2 Å². The minimum absolute atomic E-state index is 0.0977. The van der Waals surface area contributed by atoms with Crippen LogP contribution in [0.3, 0.4) is 0 Å². The van der Waals surface area contributed by atoms with Crippen molar-refractivity contribution in [3.63, 3.8) is 0 Å². The monoisotopic (exact) mass is 499 g/mol. The van der Waals surface area contributed by atoms with Gasteiger partial charge in [0.05, 0.1) is 37.8 Å². The summed E-state index contributed by atoms with van der Waals surface area (Å²) in [5, 5.41) is 0.472. The Balaban J connectivity index is 1.60. The highest BCUT2D eigenvalue weighted by atomic mass is 16.5. The summed E-state index contributed by atoms with van der Waals surface area (Å²) < 4.78 is 22.6. The van der Waals surface area contributed by atoms with Crippen molar-refractivity contribution in [2.24, 2.45) is 0 Å². The van der Waals surface area contributed by atoms with Gasteiger partial charge >= 0.3 is 0 Å². The lowest BCUT2D eigenvalue weighted by atomic mass is 9.97. The minimum atomic E-state index is -0.593. The molecule has 7 heteroatoms. The van der Waals surface area contributed by atoms with Gasteiger partial charge in [0.15, 0.2) is 16.9 Å². The van der Waals surface area contributed by atoms with E-state index < -0.39 is 6.04 Å². The summed E-state index contributed by atoms with van der Waals surface area (Å²) in [6, 6.07) is 18.1. The maximum atomic E-state index is 13.8. The van der Waals surface area contributed by atoms with Crippen LogP contribution in [-0.2, 0) is 6.42 Å². The number of nitrogens with zero attached hydrogens (tertiary/aromatic N) is 1. The van der Waals surface area contributed by atoms with Crippen molar-refractivity contribution in [3.05, 3.63) is 98.9 Å². The number of aryl methyl sites for hydroxylation is 1. The summed E-state index contributed by atoms with van der Waals surface area (Å²) in [5.74, 6) is 1.73. The average molecular weight is 500 g/mol. The first kappa shape index (κ1) is 24.4. The van der Waals surface area contributed by atoms with E-state index in [0.717, 1.165) is 16.7 Å². The third-order valence-electron chi connectivity index (χ3n) is 6.70.